The van der Waals surface area contributed by atoms with E-state index in [2.05, 4.69) is 10.4 Å². The predicted molar refractivity (Wildman–Crippen MR) is 107 cm³/mol. The standard InChI is InChI=1S/C19H24ClN3O3S/c1-3-10-26-19(25)17-13-6-4-5-7-15(13)27-18(17)21-16(24)8-9-23-11-14(20)12(2)22-23/h11H,3-10H2,1-2H3,(H,21,24). The molecule has 27 heavy (non-hydrogen) atoms. The van der Waals surface area contributed by atoms with Crippen LogP contribution >= 0.6 is 22.9 Å². The zero-order valence-corrected chi connectivity index (χ0v) is 17.2. The topological polar surface area (TPSA) is 73.2 Å². The van der Waals surface area contributed by atoms with Crippen molar-refractivity contribution in [1.82, 2.24) is 9.78 Å². The first-order valence-corrected chi connectivity index (χ1v) is 10.5. The van der Waals surface area contributed by atoms with Crippen LogP contribution < -0.4 is 5.32 Å². The van der Waals surface area contributed by atoms with Gasteiger partial charge in [-0.05, 0) is 44.6 Å². The number of rotatable bonds is 7. The summed E-state index contributed by atoms with van der Waals surface area (Å²) in [7, 11) is 0. The Labute approximate surface area is 167 Å². The average Bonchev–Trinajstić information content (AvgIpc) is 3.17. The van der Waals surface area contributed by atoms with Gasteiger partial charge in [-0.15, -0.1) is 11.3 Å². The fourth-order valence-electron chi connectivity index (χ4n) is 3.15. The van der Waals surface area contributed by atoms with E-state index in [9.17, 15) is 9.59 Å². The number of hydrogen-bond donors (Lipinski definition) is 1. The summed E-state index contributed by atoms with van der Waals surface area (Å²) in [5.41, 5.74) is 2.34. The molecule has 2 aromatic rings. The molecule has 0 bridgehead atoms. The van der Waals surface area contributed by atoms with Gasteiger partial charge < -0.3 is 10.1 Å². The second-order valence-corrected chi connectivity index (χ2v) is 8.19. The molecule has 0 aromatic carbocycles. The molecule has 1 aliphatic rings. The first-order chi connectivity index (χ1) is 13.0. The van der Waals surface area contributed by atoms with Crippen molar-refractivity contribution in [3.8, 4) is 0 Å². The molecule has 1 amide bonds. The lowest BCUT2D eigenvalue weighted by Crippen LogP contribution is -2.17. The molecule has 146 valence electrons. The van der Waals surface area contributed by atoms with Gasteiger partial charge in [0.15, 0.2) is 0 Å². The monoisotopic (exact) mass is 409 g/mol. The molecule has 8 heteroatoms. The van der Waals surface area contributed by atoms with Crippen LogP contribution in [0.5, 0.6) is 0 Å². The van der Waals surface area contributed by atoms with Crippen molar-refractivity contribution in [3.05, 3.63) is 32.9 Å². The van der Waals surface area contributed by atoms with Gasteiger partial charge in [-0.1, -0.05) is 18.5 Å². The van der Waals surface area contributed by atoms with Crippen molar-refractivity contribution in [2.45, 2.75) is 58.9 Å². The number of carbonyl (C=O) groups excluding carboxylic acids is 2. The van der Waals surface area contributed by atoms with E-state index in [1.165, 1.54) is 16.2 Å². The molecule has 0 saturated heterocycles. The van der Waals surface area contributed by atoms with Crippen molar-refractivity contribution in [2.24, 2.45) is 0 Å². The lowest BCUT2D eigenvalue weighted by atomic mass is 9.95. The highest BCUT2D eigenvalue weighted by Crippen LogP contribution is 2.38. The van der Waals surface area contributed by atoms with Gasteiger partial charge >= 0.3 is 5.97 Å². The minimum absolute atomic E-state index is 0.151. The summed E-state index contributed by atoms with van der Waals surface area (Å²) in [4.78, 5) is 26.2. The van der Waals surface area contributed by atoms with E-state index < -0.39 is 0 Å². The molecule has 0 spiro atoms. The Morgan fingerprint density at radius 1 is 1.37 bits per heavy atom. The lowest BCUT2D eigenvalue weighted by molar-refractivity contribution is -0.116. The van der Waals surface area contributed by atoms with E-state index in [0.717, 1.165) is 43.4 Å². The minimum atomic E-state index is -0.332. The van der Waals surface area contributed by atoms with Gasteiger partial charge in [0.25, 0.3) is 0 Å². The Kier molecular flexibility index (Phi) is 6.55. The highest BCUT2D eigenvalue weighted by atomic mass is 35.5. The number of nitrogens with zero attached hydrogens (tertiary/aromatic N) is 2. The second kappa shape index (κ2) is 8.89. The molecule has 0 atom stereocenters. The van der Waals surface area contributed by atoms with Crippen molar-refractivity contribution in [1.29, 1.82) is 0 Å². The third-order valence-corrected chi connectivity index (χ3v) is 6.10. The Morgan fingerprint density at radius 2 is 2.15 bits per heavy atom. The predicted octanol–water partition coefficient (Wildman–Crippen LogP) is 4.38. The Morgan fingerprint density at radius 3 is 2.85 bits per heavy atom. The summed E-state index contributed by atoms with van der Waals surface area (Å²) in [6, 6.07) is 0. The maximum atomic E-state index is 12.6. The van der Waals surface area contributed by atoms with Crippen molar-refractivity contribution < 1.29 is 14.3 Å². The molecule has 0 fully saturated rings. The van der Waals surface area contributed by atoms with E-state index in [1.807, 2.05) is 13.8 Å². The number of nitrogens with one attached hydrogen (secondary N) is 1. The van der Waals surface area contributed by atoms with Crippen LogP contribution in [0, 0.1) is 6.92 Å². The summed E-state index contributed by atoms with van der Waals surface area (Å²) >= 11 is 7.50. The van der Waals surface area contributed by atoms with Gasteiger partial charge in [0.2, 0.25) is 5.91 Å². The quantitative estimate of drug-likeness (QED) is 0.688. The molecule has 1 aliphatic carbocycles. The van der Waals surface area contributed by atoms with Crippen molar-refractivity contribution in [2.75, 3.05) is 11.9 Å². The summed E-state index contributed by atoms with van der Waals surface area (Å²) in [6.45, 7) is 4.60. The highest BCUT2D eigenvalue weighted by molar-refractivity contribution is 7.17. The molecule has 2 heterocycles. The molecule has 0 unspecified atom stereocenters. The fraction of sp³-hybridized carbons (Fsp3) is 0.526. The SMILES string of the molecule is CCCOC(=O)c1c(NC(=O)CCn2cc(Cl)c(C)n2)sc2c1CCCC2. The summed E-state index contributed by atoms with van der Waals surface area (Å²) in [5, 5.41) is 8.38. The molecule has 6 nitrogen and oxygen atoms in total. The zero-order valence-electron chi connectivity index (χ0n) is 15.6. The summed E-state index contributed by atoms with van der Waals surface area (Å²) in [5.74, 6) is -0.483. The summed E-state index contributed by atoms with van der Waals surface area (Å²) < 4.78 is 7.02. The molecule has 0 radical (unpaired) electrons. The molecule has 2 aromatic heterocycles. The smallest absolute Gasteiger partial charge is 0.341 e. The lowest BCUT2D eigenvalue weighted by Gasteiger charge is -2.12. The van der Waals surface area contributed by atoms with Gasteiger partial charge in [0.05, 0.1) is 22.9 Å². The summed E-state index contributed by atoms with van der Waals surface area (Å²) in [6.07, 6.45) is 6.73. The number of aromatic nitrogens is 2. The first-order valence-electron chi connectivity index (χ1n) is 9.30. The molecule has 0 saturated carbocycles. The molecule has 3 rings (SSSR count). The number of hydrogen-bond acceptors (Lipinski definition) is 5. The second-order valence-electron chi connectivity index (χ2n) is 6.67. The number of carbonyl (C=O) groups is 2. The van der Waals surface area contributed by atoms with E-state index in [4.69, 9.17) is 16.3 Å². The maximum absolute atomic E-state index is 12.6. The van der Waals surface area contributed by atoms with Gasteiger partial charge in [-0.3, -0.25) is 9.48 Å². The number of amides is 1. The minimum Gasteiger partial charge on any atom is -0.462 e. The van der Waals surface area contributed by atoms with E-state index in [1.54, 1.807) is 10.9 Å². The van der Waals surface area contributed by atoms with Crippen LogP contribution in [0.15, 0.2) is 6.20 Å². The normalized spacial score (nSPS) is 13.3. The third kappa shape index (κ3) is 4.71. The van der Waals surface area contributed by atoms with Crippen LogP contribution in [0.3, 0.4) is 0 Å². The Hall–Kier alpha value is -1.86. The van der Waals surface area contributed by atoms with E-state index in [-0.39, 0.29) is 18.3 Å². The van der Waals surface area contributed by atoms with Crippen LogP contribution in [0.2, 0.25) is 5.02 Å². The maximum Gasteiger partial charge on any atom is 0.341 e. The molecular weight excluding hydrogens is 386 g/mol. The van der Waals surface area contributed by atoms with Gasteiger partial charge in [-0.2, -0.15) is 5.10 Å². The number of thiophene rings is 1. The number of aryl methyl sites for hydroxylation is 3. The molecular formula is C19H24ClN3O3S. The van der Waals surface area contributed by atoms with Crippen LogP contribution in [0.25, 0.3) is 0 Å². The van der Waals surface area contributed by atoms with Gasteiger partial charge in [0, 0.05) is 24.0 Å². The van der Waals surface area contributed by atoms with Gasteiger partial charge in [0.1, 0.15) is 5.00 Å². The number of ether oxygens (including phenoxy) is 1. The number of anilines is 1. The van der Waals surface area contributed by atoms with Gasteiger partial charge in [-0.25, -0.2) is 4.79 Å². The van der Waals surface area contributed by atoms with Crippen molar-refractivity contribution in [3.63, 3.8) is 0 Å². The Balaban J connectivity index is 1.71. The number of halogens is 1. The van der Waals surface area contributed by atoms with Crippen molar-refractivity contribution >= 4 is 39.8 Å². The zero-order chi connectivity index (χ0) is 19.4. The first kappa shape index (κ1) is 19.9. The number of fused-ring (bicyclic) bond motifs is 1. The van der Waals surface area contributed by atoms with Crippen LogP contribution in [0.4, 0.5) is 5.00 Å². The fourth-order valence-corrected chi connectivity index (χ4v) is 4.59. The Bertz CT molecular complexity index is 824. The van der Waals surface area contributed by atoms with E-state index in [0.29, 0.717) is 28.7 Å². The average molecular weight is 410 g/mol. The third-order valence-electron chi connectivity index (χ3n) is 4.52. The largest absolute Gasteiger partial charge is 0.462 e. The molecule has 0 aliphatic heterocycles. The van der Waals surface area contributed by atoms with Crippen LogP contribution in [0.1, 0.15) is 59.1 Å². The highest BCUT2D eigenvalue weighted by Gasteiger charge is 2.27. The molecule has 1 N–H and O–H groups in total. The van der Waals surface area contributed by atoms with Crippen LogP contribution in [-0.2, 0) is 28.9 Å². The number of esters is 1. The van der Waals surface area contributed by atoms with E-state index >= 15 is 0 Å². The van der Waals surface area contributed by atoms with Crippen LogP contribution in [-0.4, -0.2) is 28.3 Å².